The fraction of sp³-hybridized carbons (Fsp3) is 0.667. The first-order valence-corrected chi connectivity index (χ1v) is 6.94. The van der Waals surface area contributed by atoms with Gasteiger partial charge in [-0.1, -0.05) is 0 Å². The molecule has 10 heavy (non-hydrogen) atoms. The molecular weight excluding hydrogens is 592 g/mol. The van der Waals surface area contributed by atoms with Gasteiger partial charge in [0.2, 0.25) is 4.23 Å². The molecule has 0 aromatic heterocycles. The standard InChI is InChI=1S/C3H2I4O3/c4-1(5)9-3(8)10-2(6)7/h1-2H. The van der Waals surface area contributed by atoms with Crippen molar-refractivity contribution in [1.29, 1.82) is 0 Å². The molecule has 0 rings (SSSR count). The van der Waals surface area contributed by atoms with Gasteiger partial charge in [-0.25, -0.2) is 4.79 Å². The first kappa shape index (κ1) is 12.2. The van der Waals surface area contributed by atoms with E-state index in [1.54, 1.807) is 0 Å². The van der Waals surface area contributed by atoms with Gasteiger partial charge >= 0.3 is 6.16 Å². The van der Waals surface area contributed by atoms with Crippen LogP contribution < -0.4 is 0 Å². The highest BCUT2D eigenvalue weighted by atomic mass is 127. The average Bonchev–Trinajstić information content (AvgIpc) is 1.58. The molecule has 0 aliphatic heterocycles. The molecule has 0 saturated carbocycles. The van der Waals surface area contributed by atoms with Crippen molar-refractivity contribution in [2.24, 2.45) is 0 Å². The molecule has 7 heteroatoms. The summed E-state index contributed by atoms with van der Waals surface area (Å²) in [6, 6.07) is 0. The number of hydrogen-bond acceptors (Lipinski definition) is 3. The lowest BCUT2D eigenvalue weighted by Gasteiger charge is -2.06. The smallest absolute Gasteiger partial charge is 0.410 e. The molecule has 0 radical (unpaired) electrons. The summed E-state index contributed by atoms with van der Waals surface area (Å²) in [5, 5.41) is 0. The molecule has 0 aliphatic carbocycles. The Morgan fingerprint density at radius 2 is 1.30 bits per heavy atom. The lowest BCUT2D eigenvalue weighted by atomic mass is 11.3. The highest BCUT2D eigenvalue weighted by Gasteiger charge is 2.10. The largest absolute Gasteiger partial charge is 0.511 e. The zero-order chi connectivity index (χ0) is 8.15. The summed E-state index contributed by atoms with van der Waals surface area (Å²) in [6.07, 6.45) is -0.623. The number of rotatable bonds is 2. The van der Waals surface area contributed by atoms with Crippen LogP contribution in [-0.4, -0.2) is 10.4 Å². The van der Waals surface area contributed by atoms with Crippen LogP contribution in [0.3, 0.4) is 0 Å². The van der Waals surface area contributed by atoms with Crippen molar-refractivity contribution in [1.82, 2.24) is 0 Å². The fourth-order valence-electron chi connectivity index (χ4n) is 0.173. The third kappa shape index (κ3) is 8.29. The highest BCUT2D eigenvalue weighted by Crippen LogP contribution is 2.16. The van der Waals surface area contributed by atoms with Crippen LogP contribution >= 0.6 is 90.4 Å². The number of halogens is 4. The van der Waals surface area contributed by atoms with Crippen LogP contribution in [0, 0.1) is 0 Å². The Morgan fingerprint density at radius 1 is 1.00 bits per heavy atom. The zero-order valence-electron chi connectivity index (χ0n) is 4.39. The molecular formula is C3H2I4O3. The molecule has 0 unspecified atom stereocenters. The minimum Gasteiger partial charge on any atom is -0.410 e. The van der Waals surface area contributed by atoms with E-state index >= 15 is 0 Å². The number of carbonyl (C=O) groups excluding carboxylic acids is 1. The molecule has 0 fully saturated rings. The first-order valence-electron chi connectivity index (χ1n) is 1.96. The normalized spacial score (nSPS) is 10.2. The minimum absolute atomic E-state index is 0.172. The Morgan fingerprint density at radius 3 is 1.50 bits per heavy atom. The maximum atomic E-state index is 10.6. The SMILES string of the molecule is O=C(OC(I)I)OC(I)I. The van der Waals surface area contributed by atoms with Gasteiger partial charge in [-0.2, -0.15) is 0 Å². The summed E-state index contributed by atoms with van der Waals surface area (Å²) in [6.45, 7) is 0. The van der Waals surface area contributed by atoms with E-state index in [1.807, 2.05) is 90.4 Å². The molecule has 0 N–H and O–H groups in total. The summed E-state index contributed by atoms with van der Waals surface area (Å²) >= 11 is 7.85. The second-order valence-electron chi connectivity index (χ2n) is 1.01. The van der Waals surface area contributed by atoms with Crippen LogP contribution in [0.15, 0.2) is 0 Å². The van der Waals surface area contributed by atoms with Crippen molar-refractivity contribution < 1.29 is 14.3 Å². The van der Waals surface area contributed by atoms with Gasteiger partial charge in [0.05, 0.1) is 0 Å². The van der Waals surface area contributed by atoms with Crippen molar-refractivity contribution in [2.75, 3.05) is 0 Å². The van der Waals surface area contributed by atoms with Gasteiger partial charge in [0.25, 0.3) is 0 Å². The van der Waals surface area contributed by atoms with Crippen LogP contribution in [0.4, 0.5) is 4.79 Å². The molecule has 0 amide bonds. The van der Waals surface area contributed by atoms with E-state index < -0.39 is 6.16 Å². The quantitative estimate of drug-likeness (QED) is 0.280. The molecule has 0 aromatic carbocycles. The third-order valence-electron chi connectivity index (χ3n) is 0.371. The predicted molar refractivity (Wildman–Crippen MR) is 71.2 cm³/mol. The Balaban J connectivity index is 3.44. The molecule has 0 aromatic rings. The number of carbonyl (C=O) groups is 1. The summed E-state index contributed by atoms with van der Waals surface area (Å²) in [5.74, 6) is 0. The summed E-state index contributed by atoms with van der Waals surface area (Å²) < 4.78 is 8.98. The Labute approximate surface area is 113 Å². The first-order chi connectivity index (χ1) is 4.52. The van der Waals surface area contributed by atoms with Crippen LogP contribution in [0.2, 0.25) is 0 Å². The maximum Gasteiger partial charge on any atom is 0.511 e. The van der Waals surface area contributed by atoms with E-state index in [0.717, 1.165) is 0 Å². The van der Waals surface area contributed by atoms with Gasteiger partial charge in [-0.15, -0.1) is 0 Å². The topological polar surface area (TPSA) is 35.5 Å². The monoisotopic (exact) mass is 594 g/mol. The zero-order valence-corrected chi connectivity index (χ0v) is 13.0. The summed E-state index contributed by atoms with van der Waals surface area (Å²) in [4.78, 5) is 10.6. The molecule has 0 atom stereocenters. The molecule has 0 saturated heterocycles. The van der Waals surface area contributed by atoms with Crippen LogP contribution in [0.1, 0.15) is 0 Å². The summed E-state index contributed by atoms with van der Waals surface area (Å²) in [7, 11) is 0. The Bertz CT molecular complexity index is 102. The average molecular weight is 594 g/mol. The van der Waals surface area contributed by atoms with E-state index in [9.17, 15) is 4.79 Å². The molecule has 0 heterocycles. The van der Waals surface area contributed by atoms with Gasteiger partial charge in [0.15, 0.2) is 0 Å². The molecule has 0 bridgehead atoms. The van der Waals surface area contributed by atoms with Gasteiger partial charge in [0.1, 0.15) is 0 Å². The molecule has 0 spiro atoms. The van der Waals surface area contributed by atoms with Crippen LogP contribution in [0.5, 0.6) is 0 Å². The van der Waals surface area contributed by atoms with Crippen molar-refractivity contribution >= 4 is 96.5 Å². The van der Waals surface area contributed by atoms with Gasteiger partial charge in [-0.3, -0.25) is 0 Å². The fourth-order valence-corrected chi connectivity index (χ4v) is 1.00. The number of ether oxygens (including phenoxy) is 2. The molecule has 0 aliphatic rings. The maximum absolute atomic E-state index is 10.6. The van der Waals surface area contributed by atoms with E-state index in [0.29, 0.717) is 0 Å². The van der Waals surface area contributed by atoms with Crippen molar-refractivity contribution in [3.8, 4) is 0 Å². The van der Waals surface area contributed by atoms with E-state index in [4.69, 9.17) is 0 Å². The van der Waals surface area contributed by atoms with Crippen molar-refractivity contribution in [3.05, 3.63) is 0 Å². The highest BCUT2D eigenvalue weighted by molar-refractivity contribution is 14.2. The van der Waals surface area contributed by atoms with Gasteiger partial charge in [0, 0.05) is 0 Å². The number of alkyl halides is 4. The van der Waals surface area contributed by atoms with E-state index in [-0.39, 0.29) is 4.23 Å². The Kier molecular flexibility index (Phi) is 8.14. The lowest BCUT2D eigenvalue weighted by Crippen LogP contribution is -2.10. The molecule has 60 valence electrons. The molecule has 3 nitrogen and oxygen atoms in total. The van der Waals surface area contributed by atoms with Crippen LogP contribution in [-0.2, 0) is 9.47 Å². The van der Waals surface area contributed by atoms with Gasteiger partial charge in [-0.05, 0) is 90.4 Å². The lowest BCUT2D eigenvalue weighted by molar-refractivity contribution is 0.0820. The number of hydrogen-bond donors (Lipinski definition) is 0. The summed E-state index contributed by atoms with van der Waals surface area (Å²) in [5.41, 5.74) is 0. The van der Waals surface area contributed by atoms with Crippen molar-refractivity contribution in [2.45, 2.75) is 4.23 Å². The van der Waals surface area contributed by atoms with Crippen molar-refractivity contribution in [3.63, 3.8) is 0 Å². The second kappa shape index (κ2) is 6.68. The minimum atomic E-state index is -0.623. The van der Waals surface area contributed by atoms with Gasteiger partial charge < -0.3 is 9.47 Å². The van der Waals surface area contributed by atoms with E-state index in [2.05, 4.69) is 9.47 Å². The van der Waals surface area contributed by atoms with E-state index in [1.165, 1.54) is 0 Å². The second-order valence-corrected chi connectivity index (χ2v) is 10.3. The van der Waals surface area contributed by atoms with Crippen LogP contribution in [0.25, 0.3) is 0 Å². The predicted octanol–water partition coefficient (Wildman–Crippen LogP) is 3.45. The Hall–Kier alpha value is 2.19. The third-order valence-corrected chi connectivity index (χ3v) is 1.39.